The number of nitrogens with one attached hydrogen (secondary N) is 1. The lowest BCUT2D eigenvalue weighted by atomic mass is 10.0. The summed E-state index contributed by atoms with van der Waals surface area (Å²) < 4.78 is 5.49. The lowest BCUT2D eigenvalue weighted by molar-refractivity contribution is -0.111. The third-order valence-corrected chi connectivity index (χ3v) is 5.33. The molecule has 0 aliphatic carbocycles. The van der Waals surface area contributed by atoms with Crippen molar-refractivity contribution in [3.63, 3.8) is 0 Å². The highest BCUT2D eigenvalue weighted by Crippen LogP contribution is 2.37. The summed E-state index contributed by atoms with van der Waals surface area (Å²) in [6, 6.07) is 6.94. The van der Waals surface area contributed by atoms with E-state index in [2.05, 4.69) is 11.9 Å². The van der Waals surface area contributed by atoms with Crippen molar-refractivity contribution in [1.82, 2.24) is 9.80 Å². The van der Waals surface area contributed by atoms with E-state index in [1.165, 1.54) is 6.08 Å². The molecule has 0 aromatic heterocycles. The molecule has 0 unspecified atom stereocenters. The van der Waals surface area contributed by atoms with Gasteiger partial charge in [0.15, 0.2) is 0 Å². The van der Waals surface area contributed by atoms with Crippen LogP contribution in [0.5, 0.6) is 0 Å². The van der Waals surface area contributed by atoms with Crippen molar-refractivity contribution < 1.29 is 19.1 Å². The Labute approximate surface area is 171 Å². The third kappa shape index (κ3) is 4.60. The zero-order chi connectivity index (χ0) is 21.3. The number of hydrogen-bond acceptors (Lipinski definition) is 4. The molecule has 0 bridgehead atoms. The molecule has 0 spiro atoms. The topological polar surface area (TPSA) is 79.0 Å². The average Bonchev–Trinajstić information content (AvgIpc) is 3.16. The molecule has 3 amide bonds. The van der Waals surface area contributed by atoms with E-state index < -0.39 is 5.60 Å². The van der Waals surface area contributed by atoms with E-state index in [0.29, 0.717) is 24.3 Å². The second kappa shape index (κ2) is 7.89. The number of ether oxygens (including phenoxy) is 1. The maximum Gasteiger partial charge on any atom is 0.410 e. The number of benzene rings is 1. The number of amides is 3. The van der Waals surface area contributed by atoms with Gasteiger partial charge in [0.25, 0.3) is 5.91 Å². The van der Waals surface area contributed by atoms with Gasteiger partial charge in [0.05, 0.1) is 6.04 Å². The van der Waals surface area contributed by atoms with Crippen LogP contribution in [0.1, 0.15) is 44.5 Å². The summed E-state index contributed by atoms with van der Waals surface area (Å²) in [5, 5.41) is 2.68. The first-order chi connectivity index (χ1) is 13.6. The minimum atomic E-state index is -0.548. The van der Waals surface area contributed by atoms with Gasteiger partial charge in [-0.1, -0.05) is 12.6 Å². The lowest BCUT2D eigenvalue weighted by Gasteiger charge is -2.30. The number of carbonyl (C=O) groups is 3. The van der Waals surface area contributed by atoms with E-state index in [4.69, 9.17) is 4.74 Å². The van der Waals surface area contributed by atoms with Gasteiger partial charge < -0.3 is 19.9 Å². The van der Waals surface area contributed by atoms with Crippen molar-refractivity contribution in [2.24, 2.45) is 5.92 Å². The Hall–Kier alpha value is -2.83. The molecule has 1 aromatic rings. The predicted octanol–water partition coefficient (Wildman–Crippen LogP) is 3.28. The van der Waals surface area contributed by atoms with E-state index >= 15 is 0 Å². The van der Waals surface area contributed by atoms with E-state index in [1.807, 2.05) is 32.6 Å². The van der Waals surface area contributed by atoms with Crippen molar-refractivity contribution >= 4 is 23.6 Å². The first-order valence-corrected chi connectivity index (χ1v) is 9.93. The fourth-order valence-electron chi connectivity index (χ4n) is 4.18. The summed E-state index contributed by atoms with van der Waals surface area (Å²) in [7, 11) is 0. The van der Waals surface area contributed by atoms with Crippen LogP contribution in [0.4, 0.5) is 10.5 Å². The molecule has 7 heteroatoms. The zero-order valence-electron chi connectivity index (χ0n) is 17.5. The van der Waals surface area contributed by atoms with Gasteiger partial charge in [-0.3, -0.25) is 9.59 Å². The van der Waals surface area contributed by atoms with E-state index in [1.54, 1.807) is 29.2 Å². The first kappa shape index (κ1) is 20.9. The molecule has 0 radical (unpaired) electrons. The van der Waals surface area contributed by atoms with Crippen molar-refractivity contribution in [3.05, 3.63) is 42.5 Å². The highest BCUT2D eigenvalue weighted by molar-refractivity contribution is 6.01. The van der Waals surface area contributed by atoms with Gasteiger partial charge in [-0.05, 0) is 58.4 Å². The fraction of sp³-hybridized carbons (Fsp3) is 0.500. The number of hydrogen-bond donors (Lipinski definition) is 1. The summed E-state index contributed by atoms with van der Waals surface area (Å²) >= 11 is 0. The number of fused-ring (bicyclic) bond motifs is 1. The van der Waals surface area contributed by atoms with Crippen LogP contribution in [0.15, 0.2) is 36.9 Å². The monoisotopic (exact) mass is 399 g/mol. The van der Waals surface area contributed by atoms with Gasteiger partial charge in [0, 0.05) is 36.3 Å². The molecule has 2 fully saturated rings. The van der Waals surface area contributed by atoms with Gasteiger partial charge in [-0.15, -0.1) is 0 Å². The second-order valence-electron chi connectivity index (χ2n) is 8.78. The molecular formula is C22H29N3O4. The average molecular weight is 399 g/mol. The van der Waals surface area contributed by atoms with Crippen LogP contribution in [0.2, 0.25) is 0 Å². The van der Waals surface area contributed by atoms with Crippen LogP contribution >= 0.6 is 0 Å². The normalized spacial score (nSPS) is 23.5. The van der Waals surface area contributed by atoms with Crippen molar-refractivity contribution in [3.8, 4) is 0 Å². The Kier molecular flexibility index (Phi) is 5.68. The molecule has 29 heavy (non-hydrogen) atoms. The summed E-state index contributed by atoms with van der Waals surface area (Å²) in [5.41, 5.74) is 0.509. The summed E-state index contributed by atoms with van der Waals surface area (Å²) in [5.74, 6) is -0.177. The number of nitrogens with zero attached hydrogens (tertiary/aromatic N) is 2. The standard InChI is InChI=1S/C22H29N3O4/c1-6-19(26)23-17-9-7-8-15(11-17)20(27)25-14(2)10-16-12-24(13-18(16)25)21(28)29-22(3,4)5/h6-9,11,14,16,18H,1,10,12-13H2,2-5H3,(H,23,26)/t14-,16+,18-/m1/s1. The minimum absolute atomic E-state index is 0.0311. The largest absolute Gasteiger partial charge is 0.444 e. The SMILES string of the molecule is C=CC(=O)Nc1cccc(C(=O)N2[C@H](C)C[C@H]3CN(C(=O)OC(C)(C)C)C[C@H]32)c1. The molecule has 2 aliphatic rings. The number of anilines is 1. The predicted molar refractivity (Wildman–Crippen MR) is 111 cm³/mol. The Morgan fingerprint density at radius 3 is 2.62 bits per heavy atom. The molecular weight excluding hydrogens is 370 g/mol. The number of likely N-dealkylation sites (tertiary alicyclic amines) is 2. The van der Waals surface area contributed by atoms with E-state index in [9.17, 15) is 14.4 Å². The Bertz CT molecular complexity index is 830. The minimum Gasteiger partial charge on any atom is -0.444 e. The zero-order valence-corrected chi connectivity index (χ0v) is 17.5. The Balaban J connectivity index is 1.74. The Morgan fingerprint density at radius 2 is 1.97 bits per heavy atom. The van der Waals surface area contributed by atoms with Gasteiger partial charge >= 0.3 is 6.09 Å². The van der Waals surface area contributed by atoms with Crippen molar-refractivity contribution in [2.75, 3.05) is 18.4 Å². The van der Waals surface area contributed by atoms with E-state index in [0.717, 1.165) is 6.42 Å². The molecule has 3 rings (SSSR count). The van der Waals surface area contributed by atoms with Crippen LogP contribution in [0, 0.1) is 5.92 Å². The maximum atomic E-state index is 13.3. The van der Waals surface area contributed by atoms with Gasteiger partial charge in [0.2, 0.25) is 5.91 Å². The first-order valence-electron chi connectivity index (χ1n) is 9.93. The molecule has 156 valence electrons. The summed E-state index contributed by atoms with van der Waals surface area (Å²) in [4.78, 5) is 40.8. The molecule has 2 saturated heterocycles. The van der Waals surface area contributed by atoms with Crippen LogP contribution in [-0.4, -0.2) is 58.5 Å². The molecule has 2 heterocycles. The van der Waals surface area contributed by atoms with E-state index in [-0.39, 0.29) is 35.9 Å². The van der Waals surface area contributed by atoms with Crippen LogP contribution in [-0.2, 0) is 9.53 Å². The second-order valence-corrected chi connectivity index (χ2v) is 8.78. The van der Waals surface area contributed by atoms with Crippen LogP contribution in [0.25, 0.3) is 0 Å². The fourth-order valence-corrected chi connectivity index (χ4v) is 4.18. The van der Waals surface area contributed by atoms with Gasteiger partial charge in [-0.2, -0.15) is 0 Å². The molecule has 0 saturated carbocycles. The van der Waals surface area contributed by atoms with Gasteiger partial charge in [-0.25, -0.2) is 4.79 Å². The molecule has 3 atom stereocenters. The third-order valence-electron chi connectivity index (χ3n) is 5.33. The quantitative estimate of drug-likeness (QED) is 0.791. The molecule has 1 aromatic carbocycles. The summed E-state index contributed by atoms with van der Waals surface area (Å²) in [6.45, 7) is 12.1. The highest BCUT2D eigenvalue weighted by atomic mass is 16.6. The molecule has 1 N–H and O–H groups in total. The maximum absolute atomic E-state index is 13.3. The smallest absolute Gasteiger partial charge is 0.410 e. The summed E-state index contributed by atoms with van der Waals surface area (Å²) in [6.07, 6.45) is 1.70. The molecule has 7 nitrogen and oxygen atoms in total. The van der Waals surface area contributed by atoms with Crippen LogP contribution in [0.3, 0.4) is 0 Å². The number of carbonyl (C=O) groups excluding carboxylic acids is 3. The lowest BCUT2D eigenvalue weighted by Crippen LogP contribution is -2.44. The Morgan fingerprint density at radius 1 is 1.24 bits per heavy atom. The number of rotatable bonds is 3. The van der Waals surface area contributed by atoms with Crippen molar-refractivity contribution in [2.45, 2.75) is 51.8 Å². The molecule has 2 aliphatic heterocycles. The van der Waals surface area contributed by atoms with Crippen LogP contribution < -0.4 is 5.32 Å². The van der Waals surface area contributed by atoms with Crippen molar-refractivity contribution in [1.29, 1.82) is 0 Å². The van der Waals surface area contributed by atoms with Gasteiger partial charge in [0.1, 0.15) is 5.60 Å². The highest BCUT2D eigenvalue weighted by Gasteiger charge is 2.48.